The molecule has 0 aliphatic carbocycles. The molecule has 0 spiro atoms. The molecule has 1 heterocycles. The van der Waals surface area contributed by atoms with E-state index in [1.54, 1.807) is 6.92 Å². The summed E-state index contributed by atoms with van der Waals surface area (Å²) in [6, 6.07) is 3.87. The van der Waals surface area contributed by atoms with E-state index < -0.39 is 29.9 Å². The van der Waals surface area contributed by atoms with Gasteiger partial charge in [-0.05, 0) is 43.4 Å². The second-order valence-electron chi connectivity index (χ2n) is 5.58. The Hall–Kier alpha value is -1.63. The third-order valence-corrected chi connectivity index (χ3v) is 4.04. The average Bonchev–Trinajstić information content (AvgIpc) is 2.47. The number of hydrogen-bond acceptors (Lipinski definition) is 2. The van der Waals surface area contributed by atoms with E-state index in [2.05, 4.69) is 0 Å². The van der Waals surface area contributed by atoms with Gasteiger partial charge in [0.2, 0.25) is 0 Å². The molecule has 1 aliphatic heterocycles. The SMILES string of the molecule is Cc1ccc(F)cc1C(=O)N1CCC(C(O)C(F)(F)F)CC1. The van der Waals surface area contributed by atoms with Crippen molar-refractivity contribution in [3.05, 3.63) is 35.1 Å². The number of benzene rings is 1. The molecular formula is C15H17F4NO2. The number of carbonyl (C=O) groups excluding carboxylic acids is 1. The van der Waals surface area contributed by atoms with Crippen LogP contribution < -0.4 is 0 Å². The van der Waals surface area contributed by atoms with E-state index in [-0.39, 0.29) is 31.5 Å². The largest absolute Gasteiger partial charge is 0.414 e. The highest BCUT2D eigenvalue weighted by Gasteiger charge is 2.44. The number of aliphatic hydroxyl groups is 1. The highest BCUT2D eigenvalue weighted by Crippen LogP contribution is 2.32. The standard InChI is InChI=1S/C15H17F4NO2/c1-9-2-3-11(16)8-12(9)14(22)20-6-4-10(5-7-20)13(21)15(17,18)19/h2-3,8,10,13,21H,4-7H2,1H3. The fraction of sp³-hybridized carbons (Fsp3) is 0.533. The summed E-state index contributed by atoms with van der Waals surface area (Å²) in [5, 5.41) is 9.25. The monoisotopic (exact) mass is 319 g/mol. The molecule has 1 aromatic rings. The molecule has 1 atom stereocenters. The van der Waals surface area contributed by atoms with E-state index in [0.717, 1.165) is 6.07 Å². The number of halogens is 4. The second-order valence-corrected chi connectivity index (χ2v) is 5.58. The number of alkyl halides is 3. The summed E-state index contributed by atoms with van der Waals surface area (Å²) in [7, 11) is 0. The van der Waals surface area contributed by atoms with E-state index in [1.165, 1.54) is 17.0 Å². The lowest BCUT2D eigenvalue weighted by Gasteiger charge is -2.35. The summed E-state index contributed by atoms with van der Waals surface area (Å²) in [5.74, 6) is -1.83. The molecule has 0 bridgehead atoms. The van der Waals surface area contributed by atoms with E-state index >= 15 is 0 Å². The Morgan fingerprint density at radius 2 is 1.91 bits per heavy atom. The molecule has 1 amide bonds. The van der Waals surface area contributed by atoms with Gasteiger partial charge in [-0.15, -0.1) is 0 Å². The number of likely N-dealkylation sites (tertiary alicyclic amines) is 1. The molecular weight excluding hydrogens is 302 g/mol. The molecule has 1 aromatic carbocycles. The molecule has 7 heteroatoms. The lowest BCUT2D eigenvalue weighted by atomic mass is 9.90. The fourth-order valence-electron chi connectivity index (χ4n) is 2.68. The van der Waals surface area contributed by atoms with Crippen molar-refractivity contribution in [2.75, 3.05) is 13.1 Å². The quantitative estimate of drug-likeness (QED) is 0.852. The van der Waals surface area contributed by atoms with Crippen molar-refractivity contribution in [2.24, 2.45) is 5.92 Å². The van der Waals surface area contributed by atoms with Gasteiger partial charge in [0.25, 0.3) is 5.91 Å². The van der Waals surface area contributed by atoms with Crippen molar-refractivity contribution in [3.8, 4) is 0 Å². The van der Waals surface area contributed by atoms with Crippen LogP contribution in [0.2, 0.25) is 0 Å². The normalized spacial score (nSPS) is 18.4. The maximum Gasteiger partial charge on any atom is 0.414 e. The molecule has 1 fully saturated rings. The molecule has 1 N–H and O–H groups in total. The lowest BCUT2D eigenvalue weighted by Crippen LogP contribution is -2.45. The third kappa shape index (κ3) is 3.58. The van der Waals surface area contributed by atoms with Crippen molar-refractivity contribution < 1.29 is 27.5 Å². The van der Waals surface area contributed by atoms with Gasteiger partial charge in [0.1, 0.15) is 5.82 Å². The van der Waals surface area contributed by atoms with Gasteiger partial charge in [0, 0.05) is 18.7 Å². The number of amides is 1. The van der Waals surface area contributed by atoms with Crippen molar-refractivity contribution in [2.45, 2.75) is 32.0 Å². The van der Waals surface area contributed by atoms with Gasteiger partial charge in [-0.3, -0.25) is 4.79 Å². The first-order chi connectivity index (χ1) is 10.2. The topological polar surface area (TPSA) is 40.5 Å². The molecule has 2 rings (SSSR count). The van der Waals surface area contributed by atoms with Gasteiger partial charge in [-0.25, -0.2) is 4.39 Å². The molecule has 0 aromatic heterocycles. The van der Waals surface area contributed by atoms with Crippen LogP contribution >= 0.6 is 0 Å². The lowest BCUT2D eigenvalue weighted by molar-refractivity contribution is -0.222. The molecule has 122 valence electrons. The summed E-state index contributed by atoms with van der Waals surface area (Å²) in [6.07, 6.45) is -6.86. The second kappa shape index (κ2) is 6.24. The molecule has 1 unspecified atom stereocenters. The smallest absolute Gasteiger partial charge is 0.383 e. The zero-order valence-corrected chi connectivity index (χ0v) is 12.0. The average molecular weight is 319 g/mol. The van der Waals surface area contributed by atoms with Crippen LogP contribution in [-0.4, -0.2) is 41.3 Å². The minimum Gasteiger partial charge on any atom is -0.383 e. The van der Waals surface area contributed by atoms with Crippen LogP contribution in [0.5, 0.6) is 0 Å². The maximum absolute atomic E-state index is 13.2. The van der Waals surface area contributed by atoms with Crippen LogP contribution in [-0.2, 0) is 0 Å². The summed E-state index contributed by atoms with van der Waals surface area (Å²) < 4.78 is 50.7. The third-order valence-electron chi connectivity index (χ3n) is 4.04. The van der Waals surface area contributed by atoms with E-state index in [1.807, 2.05) is 0 Å². The first kappa shape index (κ1) is 16.7. The Kier molecular flexibility index (Phi) is 4.75. The van der Waals surface area contributed by atoms with Gasteiger partial charge in [-0.1, -0.05) is 6.07 Å². The fourth-order valence-corrected chi connectivity index (χ4v) is 2.68. The Bertz CT molecular complexity index is 551. The first-order valence-electron chi connectivity index (χ1n) is 7.00. The van der Waals surface area contributed by atoms with Crippen LogP contribution in [0.15, 0.2) is 18.2 Å². The number of piperidine rings is 1. The predicted molar refractivity (Wildman–Crippen MR) is 71.8 cm³/mol. The minimum absolute atomic E-state index is 0.0702. The highest BCUT2D eigenvalue weighted by molar-refractivity contribution is 5.95. The number of aliphatic hydroxyl groups excluding tert-OH is 1. The van der Waals surface area contributed by atoms with Crippen LogP contribution in [0.4, 0.5) is 17.6 Å². The summed E-state index contributed by atoms with van der Waals surface area (Å²) in [6.45, 7) is 1.91. The van der Waals surface area contributed by atoms with Gasteiger partial charge in [-0.2, -0.15) is 13.2 Å². The van der Waals surface area contributed by atoms with Crippen LogP contribution in [0.3, 0.4) is 0 Å². The van der Waals surface area contributed by atoms with E-state index in [4.69, 9.17) is 0 Å². The van der Waals surface area contributed by atoms with Gasteiger partial charge < -0.3 is 10.0 Å². The molecule has 0 saturated carbocycles. The highest BCUT2D eigenvalue weighted by atomic mass is 19.4. The first-order valence-corrected chi connectivity index (χ1v) is 7.00. The van der Waals surface area contributed by atoms with Crippen LogP contribution in [0, 0.1) is 18.7 Å². The Morgan fingerprint density at radius 1 is 1.32 bits per heavy atom. The molecule has 22 heavy (non-hydrogen) atoms. The number of carbonyl (C=O) groups is 1. The van der Waals surface area contributed by atoms with E-state index in [0.29, 0.717) is 5.56 Å². The summed E-state index contributed by atoms with van der Waals surface area (Å²) in [4.78, 5) is 13.7. The zero-order valence-electron chi connectivity index (χ0n) is 12.0. The van der Waals surface area contributed by atoms with Crippen molar-refractivity contribution in [1.29, 1.82) is 0 Å². The predicted octanol–water partition coefficient (Wildman–Crippen LogP) is 2.91. The molecule has 1 aliphatic rings. The Labute approximate surface area is 125 Å². The number of nitrogens with zero attached hydrogens (tertiary/aromatic N) is 1. The van der Waals surface area contributed by atoms with Gasteiger partial charge >= 0.3 is 6.18 Å². The molecule has 1 saturated heterocycles. The van der Waals surface area contributed by atoms with Crippen molar-refractivity contribution in [1.82, 2.24) is 4.90 Å². The van der Waals surface area contributed by atoms with Crippen molar-refractivity contribution in [3.63, 3.8) is 0 Å². The Morgan fingerprint density at radius 3 is 2.45 bits per heavy atom. The minimum atomic E-state index is -4.64. The number of aryl methyl sites for hydroxylation is 1. The molecule has 0 radical (unpaired) electrons. The zero-order chi connectivity index (χ0) is 16.5. The summed E-state index contributed by atoms with van der Waals surface area (Å²) in [5.41, 5.74) is 0.832. The number of rotatable bonds is 2. The maximum atomic E-state index is 13.2. The van der Waals surface area contributed by atoms with E-state index in [9.17, 15) is 27.5 Å². The Balaban J connectivity index is 2.02. The van der Waals surface area contributed by atoms with Gasteiger partial charge in [0.05, 0.1) is 0 Å². The van der Waals surface area contributed by atoms with Crippen LogP contribution in [0.25, 0.3) is 0 Å². The molecule has 3 nitrogen and oxygen atoms in total. The van der Waals surface area contributed by atoms with Crippen LogP contribution in [0.1, 0.15) is 28.8 Å². The number of hydrogen-bond donors (Lipinski definition) is 1. The summed E-state index contributed by atoms with van der Waals surface area (Å²) >= 11 is 0. The van der Waals surface area contributed by atoms with Crippen molar-refractivity contribution >= 4 is 5.91 Å². The van der Waals surface area contributed by atoms with Gasteiger partial charge in [0.15, 0.2) is 6.10 Å².